The fraction of sp³-hybridized carbons (Fsp3) is 0.250. The highest BCUT2D eigenvalue weighted by atomic mass is 35.5. The number of aliphatic hydroxyl groups excluding tert-OH is 1. The second-order valence-electron chi connectivity index (χ2n) is 6.58. The molecule has 0 unspecified atom stereocenters. The van der Waals surface area contributed by atoms with Crippen LogP contribution in [-0.2, 0) is 10.0 Å². The van der Waals surface area contributed by atoms with E-state index in [2.05, 4.69) is 15.0 Å². The summed E-state index contributed by atoms with van der Waals surface area (Å²) in [6.45, 7) is 1.20. The summed E-state index contributed by atoms with van der Waals surface area (Å²) in [6.07, 6.45) is 3.17. The Balaban J connectivity index is 1.43. The van der Waals surface area contributed by atoms with Gasteiger partial charge in [-0.15, -0.1) is 0 Å². The van der Waals surface area contributed by atoms with Crippen LogP contribution in [0.5, 0.6) is 5.75 Å². The quantitative estimate of drug-likeness (QED) is 0.406. The summed E-state index contributed by atoms with van der Waals surface area (Å²) < 4.78 is 35.8. The lowest BCUT2D eigenvalue weighted by atomic mass is 10.1. The van der Waals surface area contributed by atoms with Crippen molar-refractivity contribution < 1.29 is 22.7 Å². The van der Waals surface area contributed by atoms with Gasteiger partial charge in [0.25, 0.3) is 0 Å². The zero-order valence-electron chi connectivity index (χ0n) is 16.2. The Hall–Kier alpha value is -2.59. The summed E-state index contributed by atoms with van der Waals surface area (Å²) in [4.78, 5) is 4.09. The lowest BCUT2D eigenvalue weighted by molar-refractivity contribution is 0.172. The molecule has 0 saturated carbocycles. The SMILES string of the molecule is CS(=O)(=O)Nc1cc([C@@H](O)CNCCOc2ccc(-c3cocn3)cc2)ccc1Cl. The molecule has 0 aliphatic heterocycles. The normalized spacial score (nSPS) is 12.5. The molecule has 160 valence electrons. The van der Waals surface area contributed by atoms with Crippen LogP contribution in [0.4, 0.5) is 5.69 Å². The first kappa shape index (κ1) is 22.1. The zero-order chi connectivity index (χ0) is 21.6. The molecule has 0 radical (unpaired) electrons. The van der Waals surface area contributed by atoms with E-state index < -0.39 is 16.1 Å². The maximum absolute atomic E-state index is 11.4. The van der Waals surface area contributed by atoms with E-state index in [0.29, 0.717) is 18.7 Å². The first-order valence-corrected chi connectivity index (χ1v) is 11.4. The van der Waals surface area contributed by atoms with E-state index in [1.54, 1.807) is 18.4 Å². The molecule has 1 heterocycles. The minimum atomic E-state index is -3.46. The molecule has 3 rings (SSSR count). The summed E-state index contributed by atoms with van der Waals surface area (Å²) >= 11 is 6.00. The van der Waals surface area contributed by atoms with Crippen LogP contribution in [0.15, 0.2) is 59.5 Å². The molecule has 0 aliphatic carbocycles. The highest BCUT2D eigenvalue weighted by Gasteiger charge is 2.12. The van der Waals surface area contributed by atoms with E-state index in [1.807, 2.05) is 24.3 Å². The molecule has 8 nitrogen and oxygen atoms in total. The van der Waals surface area contributed by atoms with Crippen molar-refractivity contribution in [3.8, 4) is 17.0 Å². The lowest BCUT2D eigenvalue weighted by Crippen LogP contribution is -2.26. The predicted molar refractivity (Wildman–Crippen MR) is 115 cm³/mol. The molecule has 0 spiro atoms. The van der Waals surface area contributed by atoms with Crippen LogP contribution in [0.3, 0.4) is 0 Å². The van der Waals surface area contributed by atoms with Gasteiger partial charge in [0.05, 0.1) is 23.1 Å². The van der Waals surface area contributed by atoms with E-state index in [-0.39, 0.29) is 17.3 Å². The topological polar surface area (TPSA) is 114 Å². The summed E-state index contributed by atoms with van der Waals surface area (Å²) in [5.74, 6) is 0.721. The molecule has 1 aromatic heterocycles. The van der Waals surface area contributed by atoms with Gasteiger partial charge < -0.3 is 19.6 Å². The summed E-state index contributed by atoms with van der Waals surface area (Å²) in [5.41, 5.74) is 2.47. The molecule has 3 aromatic rings. The van der Waals surface area contributed by atoms with Crippen LogP contribution < -0.4 is 14.8 Å². The number of anilines is 1. The third kappa shape index (κ3) is 6.46. The smallest absolute Gasteiger partial charge is 0.229 e. The number of hydrogen-bond acceptors (Lipinski definition) is 7. The number of nitrogens with zero attached hydrogens (tertiary/aromatic N) is 1. The molecule has 0 bridgehead atoms. The number of aliphatic hydroxyl groups is 1. The Morgan fingerprint density at radius 2 is 2.00 bits per heavy atom. The standard InChI is InChI=1S/C20H22ClN3O5S/c1-30(26,27)24-18-10-15(4-7-17(18)21)20(25)11-22-8-9-29-16-5-2-14(3-6-16)19-12-28-13-23-19/h2-7,10,12-13,20,22,24-25H,8-9,11H2,1H3/t20-/m0/s1. The van der Waals surface area contributed by atoms with Crippen molar-refractivity contribution in [3.05, 3.63) is 65.7 Å². The number of benzene rings is 2. The molecule has 0 aliphatic rings. The number of oxazole rings is 1. The highest BCUT2D eigenvalue weighted by Crippen LogP contribution is 2.26. The number of nitrogens with one attached hydrogen (secondary N) is 2. The van der Waals surface area contributed by atoms with E-state index >= 15 is 0 Å². The highest BCUT2D eigenvalue weighted by molar-refractivity contribution is 7.92. The molecule has 1 atom stereocenters. The summed E-state index contributed by atoms with van der Waals surface area (Å²) in [5, 5.41) is 13.7. The summed E-state index contributed by atoms with van der Waals surface area (Å²) in [7, 11) is -3.46. The van der Waals surface area contributed by atoms with Gasteiger partial charge in [-0.05, 0) is 42.0 Å². The van der Waals surface area contributed by atoms with E-state index in [9.17, 15) is 13.5 Å². The number of aromatic nitrogens is 1. The Kier molecular flexibility index (Phi) is 7.33. The number of ether oxygens (including phenoxy) is 1. The van der Waals surface area contributed by atoms with Crippen molar-refractivity contribution in [2.45, 2.75) is 6.10 Å². The van der Waals surface area contributed by atoms with Crippen molar-refractivity contribution in [1.29, 1.82) is 0 Å². The van der Waals surface area contributed by atoms with Crippen molar-refractivity contribution in [2.24, 2.45) is 0 Å². The average molecular weight is 452 g/mol. The van der Waals surface area contributed by atoms with Crippen molar-refractivity contribution >= 4 is 27.3 Å². The van der Waals surface area contributed by atoms with Gasteiger partial charge in [-0.2, -0.15) is 0 Å². The lowest BCUT2D eigenvalue weighted by Gasteiger charge is -2.15. The zero-order valence-corrected chi connectivity index (χ0v) is 17.8. The van der Waals surface area contributed by atoms with Gasteiger partial charge in [-0.3, -0.25) is 4.72 Å². The third-order valence-corrected chi connectivity index (χ3v) is 5.06. The van der Waals surface area contributed by atoms with Gasteiger partial charge in [0.15, 0.2) is 6.39 Å². The largest absolute Gasteiger partial charge is 0.492 e. The molecular weight excluding hydrogens is 430 g/mol. The Morgan fingerprint density at radius 1 is 1.23 bits per heavy atom. The van der Waals surface area contributed by atoms with Crippen molar-refractivity contribution in [1.82, 2.24) is 10.3 Å². The molecule has 30 heavy (non-hydrogen) atoms. The molecule has 0 fully saturated rings. The first-order chi connectivity index (χ1) is 14.3. The second kappa shape index (κ2) is 9.94. The number of sulfonamides is 1. The maximum Gasteiger partial charge on any atom is 0.229 e. The van der Waals surface area contributed by atoms with Gasteiger partial charge in [0, 0.05) is 18.7 Å². The van der Waals surface area contributed by atoms with Gasteiger partial charge in [-0.25, -0.2) is 13.4 Å². The number of hydrogen-bond donors (Lipinski definition) is 3. The maximum atomic E-state index is 11.4. The van der Waals surface area contributed by atoms with Gasteiger partial charge in [0.1, 0.15) is 24.3 Å². The minimum absolute atomic E-state index is 0.230. The minimum Gasteiger partial charge on any atom is -0.492 e. The fourth-order valence-electron chi connectivity index (χ4n) is 2.70. The molecular formula is C20H22ClN3O5S. The second-order valence-corrected chi connectivity index (χ2v) is 8.74. The number of halogens is 1. The van der Waals surface area contributed by atoms with Crippen LogP contribution in [0.2, 0.25) is 5.02 Å². The first-order valence-electron chi connectivity index (χ1n) is 9.09. The van der Waals surface area contributed by atoms with Gasteiger partial charge in [0.2, 0.25) is 10.0 Å². The van der Waals surface area contributed by atoms with Crippen LogP contribution in [-0.4, -0.2) is 44.5 Å². The van der Waals surface area contributed by atoms with Crippen LogP contribution >= 0.6 is 11.6 Å². The van der Waals surface area contributed by atoms with Crippen LogP contribution in [0.1, 0.15) is 11.7 Å². The fourth-order valence-corrected chi connectivity index (χ4v) is 3.49. The van der Waals surface area contributed by atoms with Crippen LogP contribution in [0.25, 0.3) is 11.3 Å². The average Bonchev–Trinajstić information content (AvgIpc) is 3.23. The molecule has 0 saturated heterocycles. The van der Waals surface area contributed by atoms with E-state index in [1.165, 1.54) is 12.5 Å². The Labute approximate surface area is 179 Å². The van der Waals surface area contributed by atoms with E-state index in [4.69, 9.17) is 20.8 Å². The third-order valence-electron chi connectivity index (χ3n) is 4.14. The molecule has 3 N–H and O–H groups in total. The van der Waals surface area contributed by atoms with Gasteiger partial charge >= 0.3 is 0 Å². The van der Waals surface area contributed by atoms with Crippen LogP contribution in [0, 0.1) is 0 Å². The Morgan fingerprint density at radius 3 is 2.67 bits per heavy atom. The summed E-state index contributed by atoms with van der Waals surface area (Å²) in [6, 6.07) is 12.2. The van der Waals surface area contributed by atoms with Crippen molar-refractivity contribution in [3.63, 3.8) is 0 Å². The van der Waals surface area contributed by atoms with Gasteiger partial charge in [-0.1, -0.05) is 17.7 Å². The molecule has 10 heteroatoms. The van der Waals surface area contributed by atoms with E-state index in [0.717, 1.165) is 23.3 Å². The Bertz CT molecular complexity index is 1060. The molecule has 2 aromatic carbocycles. The number of rotatable bonds is 10. The van der Waals surface area contributed by atoms with Crippen molar-refractivity contribution in [2.75, 3.05) is 30.7 Å². The monoisotopic (exact) mass is 451 g/mol. The predicted octanol–water partition coefficient (Wildman–Crippen LogP) is 3.07. The molecule has 0 amide bonds.